The number of anilines is 1. The van der Waals surface area contributed by atoms with Gasteiger partial charge in [0.15, 0.2) is 0 Å². The van der Waals surface area contributed by atoms with E-state index in [9.17, 15) is 4.79 Å². The Labute approximate surface area is 115 Å². The molecule has 0 aromatic heterocycles. The van der Waals surface area contributed by atoms with E-state index in [0.717, 1.165) is 24.1 Å². The molecule has 3 heteroatoms. The number of nitrogens with one attached hydrogen (secondary N) is 2. The summed E-state index contributed by atoms with van der Waals surface area (Å²) in [6.07, 6.45) is 8.70. The molecule has 1 aromatic rings. The predicted molar refractivity (Wildman–Crippen MR) is 79.6 cm³/mol. The summed E-state index contributed by atoms with van der Waals surface area (Å²) in [7, 11) is 1.88. The van der Waals surface area contributed by atoms with Crippen molar-refractivity contribution < 1.29 is 4.79 Å². The van der Waals surface area contributed by atoms with E-state index in [1.54, 1.807) is 0 Å². The van der Waals surface area contributed by atoms with Gasteiger partial charge in [-0.25, -0.2) is 0 Å². The maximum Gasteiger partial charge on any atom is 0.251 e. The summed E-state index contributed by atoms with van der Waals surface area (Å²) in [4.78, 5) is 12.2. The monoisotopic (exact) mass is 260 g/mol. The van der Waals surface area contributed by atoms with Crippen molar-refractivity contribution >= 4 is 11.6 Å². The first-order valence-corrected chi connectivity index (χ1v) is 7.38. The van der Waals surface area contributed by atoms with Gasteiger partial charge in [0.05, 0.1) is 0 Å². The van der Waals surface area contributed by atoms with Crippen LogP contribution in [0.15, 0.2) is 24.3 Å². The molecule has 1 fully saturated rings. The Hall–Kier alpha value is -1.51. The van der Waals surface area contributed by atoms with E-state index in [4.69, 9.17) is 0 Å². The fraction of sp³-hybridized carbons (Fsp3) is 0.562. The van der Waals surface area contributed by atoms with Crippen molar-refractivity contribution in [2.75, 3.05) is 12.4 Å². The molecule has 1 aliphatic carbocycles. The van der Waals surface area contributed by atoms with Gasteiger partial charge in [0.2, 0.25) is 0 Å². The van der Waals surface area contributed by atoms with E-state index in [-0.39, 0.29) is 5.91 Å². The predicted octanol–water partition coefficient (Wildman–Crippen LogP) is 3.57. The third-order valence-electron chi connectivity index (χ3n) is 3.88. The second-order valence-electron chi connectivity index (χ2n) is 5.34. The van der Waals surface area contributed by atoms with Crippen LogP contribution in [0.5, 0.6) is 0 Å². The fourth-order valence-electron chi connectivity index (χ4n) is 2.66. The fourth-order valence-corrected chi connectivity index (χ4v) is 2.66. The third-order valence-corrected chi connectivity index (χ3v) is 3.88. The van der Waals surface area contributed by atoms with Crippen molar-refractivity contribution in [3.05, 3.63) is 29.8 Å². The second-order valence-corrected chi connectivity index (χ2v) is 5.34. The summed E-state index contributed by atoms with van der Waals surface area (Å²) < 4.78 is 0. The molecule has 0 unspecified atom stereocenters. The van der Waals surface area contributed by atoms with E-state index in [1.165, 1.54) is 32.1 Å². The van der Waals surface area contributed by atoms with Crippen LogP contribution in [0.25, 0.3) is 0 Å². The lowest BCUT2D eigenvalue weighted by atomic mass is 9.96. The van der Waals surface area contributed by atoms with Crippen LogP contribution in [0.3, 0.4) is 0 Å². The highest BCUT2D eigenvalue weighted by atomic mass is 16.1. The number of rotatable bonds is 3. The summed E-state index contributed by atoms with van der Waals surface area (Å²) in [5.74, 6) is 0.0632. The van der Waals surface area contributed by atoms with Crippen molar-refractivity contribution in [3.63, 3.8) is 0 Å². The van der Waals surface area contributed by atoms with Crippen molar-refractivity contribution in [2.24, 2.45) is 0 Å². The summed E-state index contributed by atoms with van der Waals surface area (Å²) in [6, 6.07) is 7.99. The largest absolute Gasteiger partial charge is 0.388 e. The lowest BCUT2D eigenvalue weighted by Crippen LogP contribution is -2.35. The quantitative estimate of drug-likeness (QED) is 0.872. The number of hydrogen-bond donors (Lipinski definition) is 2. The Morgan fingerprint density at radius 2 is 1.58 bits per heavy atom. The molecule has 0 radical (unpaired) electrons. The standard InChI is InChI=1S/C16H24N2O/c1-17-14-11-9-13(10-12-14)16(19)18-15-7-5-3-2-4-6-8-15/h9-12,15,17H,2-8H2,1H3,(H,18,19). The van der Waals surface area contributed by atoms with Crippen LogP contribution in [0.4, 0.5) is 5.69 Å². The number of benzene rings is 1. The summed E-state index contributed by atoms with van der Waals surface area (Å²) in [5.41, 5.74) is 1.78. The smallest absolute Gasteiger partial charge is 0.251 e. The number of hydrogen-bond acceptors (Lipinski definition) is 2. The maximum absolute atomic E-state index is 12.2. The third kappa shape index (κ3) is 4.27. The molecule has 1 aliphatic rings. The zero-order valence-corrected chi connectivity index (χ0v) is 11.7. The molecule has 1 aromatic carbocycles. The first-order chi connectivity index (χ1) is 9.29. The molecule has 104 valence electrons. The van der Waals surface area contributed by atoms with Gasteiger partial charge in [0.1, 0.15) is 0 Å². The minimum Gasteiger partial charge on any atom is -0.388 e. The van der Waals surface area contributed by atoms with Crippen molar-refractivity contribution in [1.82, 2.24) is 5.32 Å². The van der Waals surface area contributed by atoms with Crippen molar-refractivity contribution in [3.8, 4) is 0 Å². The van der Waals surface area contributed by atoms with E-state index < -0.39 is 0 Å². The van der Waals surface area contributed by atoms with Gasteiger partial charge < -0.3 is 10.6 Å². The Kier molecular flexibility index (Phi) is 5.25. The molecule has 2 rings (SSSR count). The van der Waals surface area contributed by atoms with E-state index in [1.807, 2.05) is 31.3 Å². The van der Waals surface area contributed by atoms with Gasteiger partial charge in [-0.2, -0.15) is 0 Å². The Morgan fingerprint density at radius 1 is 1.00 bits per heavy atom. The maximum atomic E-state index is 12.2. The van der Waals surface area contributed by atoms with Crippen molar-refractivity contribution in [2.45, 2.75) is 51.0 Å². The number of carbonyl (C=O) groups excluding carboxylic acids is 1. The van der Waals surface area contributed by atoms with Gasteiger partial charge in [0.25, 0.3) is 5.91 Å². The van der Waals surface area contributed by atoms with Crippen LogP contribution in [-0.2, 0) is 0 Å². The highest BCUT2D eigenvalue weighted by molar-refractivity contribution is 5.94. The lowest BCUT2D eigenvalue weighted by Gasteiger charge is -2.21. The summed E-state index contributed by atoms with van der Waals surface area (Å²) in [5, 5.41) is 6.24. The Bertz CT molecular complexity index is 392. The SMILES string of the molecule is CNc1ccc(C(=O)NC2CCCCCCC2)cc1. The van der Waals surface area contributed by atoms with Gasteiger partial charge in [-0.1, -0.05) is 32.1 Å². The molecule has 0 atom stereocenters. The molecular weight excluding hydrogens is 236 g/mol. The number of carbonyl (C=O) groups is 1. The van der Waals surface area contributed by atoms with Crippen LogP contribution in [0, 0.1) is 0 Å². The average molecular weight is 260 g/mol. The summed E-state index contributed by atoms with van der Waals surface area (Å²) in [6.45, 7) is 0. The first-order valence-electron chi connectivity index (χ1n) is 7.38. The molecule has 0 heterocycles. The molecule has 1 saturated carbocycles. The zero-order valence-electron chi connectivity index (χ0n) is 11.7. The molecule has 0 bridgehead atoms. The average Bonchev–Trinajstić information content (AvgIpc) is 2.41. The van der Waals surface area contributed by atoms with E-state index in [2.05, 4.69) is 10.6 Å². The van der Waals surface area contributed by atoms with E-state index in [0.29, 0.717) is 6.04 Å². The molecule has 19 heavy (non-hydrogen) atoms. The molecule has 0 spiro atoms. The van der Waals surface area contributed by atoms with Crippen LogP contribution in [-0.4, -0.2) is 19.0 Å². The molecule has 2 N–H and O–H groups in total. The lowest BCUT2D eigenvalue weighted by molar-refractivity contribution is 0.0930. The molecular formula is C16H24N2O. The van der Waals surface area contributed by atoms with Crippen LogP contribution >= 0.6 is 0 Å². The van der Waals surface area contributed by atoms with Crippen LogP contribution < -0.4 is 10.6 Å². The Balaban J connectivity index is 1.91. The highest BCUT2D eigenvalue weighted by Crippen LogP contribution is 2.17. The zero-order chi connectivity index (χ0) is 13.5. The van der Waals surface area contributed by atoms with Crippen LogP contribution in [0.2, 0.25) is 0 Å². The van der Waals surface area contributed by atoms with Gasteiger partial charge in [-0.05, 0) is 37.1 Å². The van der Waals surface area contributed by atoms with E-state index >= 15 is 0 Å². The topological polar surface area (TPSA) is 41.1 Å². The second kappa shape index (κ2) is 7.17. The van der Waals surface area contributed by atoms with Gasteiger partial charge in [-0.3, -0.25) is 4.79 Å². The molecule has 1 amide bonds. The summed E-state index contributed by atoms with van der Waals surface area (Å²) >= 11 is 0. The normalized spacial score (nSPS) is 17.3. The highest BCUT2D eigenvalue weighted by Gasteiger charge is 2.14. The van der Waals surface area contributed by atoms with Gasteiger partial charge in [-0.15, -0.1) is 0 Å². The molecule has 0 aliphatic heterocycles. The number of amides is 1. The van der Waals surface area contributed by atoms with Gasteiger partial charge in [0, 0.05) is 24.3 Å². The minimum atomic E-state index is 0.0632. The molecule has 3 nitrogen and oxygen atoms in total. The molecule has 0 saturated heterocycles. The van der Waals surface area contributed by atoms with Gasteiger partial charge >= 0.3 is 0 Å². The minimum absolute atomic E-state index is 0.0632. The van der Waals surface area contributed by atoms with Crippen LogP contribution in [0.1, 0.15) is 55.3 Å². The first kappa shape index (κ1) is 13.9. The van der Waals surface area contributed by atoms with Crippen molar-refractivity contribution in [1.29, 1.82) is 0 Å². The Morgan fingerprint density at radius 3 is 2.16 bits per heavy atom.